The maximum atomic E-state index is 14.0. The first-order chi connectivity index (χ1) is 22.8. The van der Waals surface area contributed by atoms with Crippen molar-refractivity contribution in [3.8, 4) is 29.0 Å². The monoisotopic (exact) mass is 654 g/mol. The van der Waals surface area contributed by atoms with Crippen molar-refractivity contribution in [3.05, 3.63) is 65.5 Å². The molecule has 4 heterocycles. The minimum absolute atomic E-state index is 0.0400. The van der Waals surface area contributed by atoms with Gasteiger partial charge in [0.05, 0.1) is 36.0 Å². The number of hydrogen-bond acceptors (Lipinski definition) is 8. The highest BCUT2D eigenvalue weighted by atomic mass is 35.5. The number of nitrogens with zero attached hydrogens (tertiary/aromatic N) is 6. The van der Waals surface area contributed by atoms with E-state index in [0.29, 0.717) is 36.1 Å². The van der Waals surface area contributed by atoms with E-state index in [2.05, 4.69) is 42.8 Å². The van der Waals surface area contributed by atoms with Gasteiger partial charge in [0.2, 0.25) is 0 Å². The summed E-state index contributed by atoms with van der Waals surface area (Å²) in [6, 6.07) is 16.3. The first-order valence-corrected chi connectivity index (χ1v) is 16.5. The van der Waals surface area contributed by atoms with Gasteiger partial charge in [0, 0.05) is 41.6 Å². The number of anilines is 1. The van der Waals surface area contributed by atoms with Gasteiger partial charge in [0.25, 0.3) is 5.91 Å². The van der Waals surface area contributed by atoms with Crippen LogP contribution in [0, 0.1) is 11.3 Å². The third-order valence-corrected chi connectivity index (χ3v) is 9.99. The Kier molecular flexibility index (Phi) is 8.60. The van der Waals surface area contributed by atoms with E-state index < -0.39 is 17.8 Å². The minimum atomic E-state index is -1.04. The van der Waals surface area contributed by atoms with Crippen molar-refractivity contribution in [3.63, 3.8) is 0 Å². The highest BCUT2D eigenvalue weighted by Gasteiger charge is 2.35. The number of nitriles is 1. The summed E-state index contributed by atoms with van der Waals surface area (Å²) in [6.07, 6.45) is 3.86. The molecule has 0 radical (unpaired) electrons. The molecule has 2 fully saturated rings. The Balaban J connectivity index is 1.39. The second-order valence-electron chi connectivity index (χ2n) is 12.5. The standard InChI is InChI=1S/C36H36ClFN6O3/c1-22(38)35(45)44-17-16-43(20-23(44)13-14-39)34-32-31(40-36(41-34)47-21-24-7-5-15-42(24)2)19-29(28-10-6-18-46-33(28)32)26-11-12-30(37)27-9-4-3-8-25(26)27/h3-4,8-9,11-12,19,23-24H,1,5-7,10,13,15-18,20-21H2,2H3. The average Bonchev–Trinajstić information content (AvgIpc) is 3.51. The summed E-state index contributed by atoms with van der Waals surface area (Å²) >= 11 is 6.62. The second kappa shape index (κ2) is 13.0. The summed E-state index contributed by atoms with van der Waals surface area (Å²) in [5.74, 6) is -0.481. The Bertz CT molecular complexity index is 1930. The van der Waals surface area contributed by atoms with Crippen molar-refractivity contribution >= 4 is 45.0 Å². The minimum Gasteiger partial charge on any atom is -0.492 e. The first kappa shape index (κ1) is 31.2. The van der Waals surface area contributed by atoms with E-state index in [1.54, 1.807) is 0 Å². The average molecular weight is 655 g/mol. The Hall–Kier alpha value is -4.46. The number of likely N-dealkylation sites (tertiary alicyclic amines) is 1. The molecule has 3 aliphatic rings. The third-order valence-electron chi connectivity index (χ3n) is 9.66. The number of hydrogen-bond donors (Lipinski definition) is 0. The van der Waals surface area contributed by atoms with E-state index in [0.717, 1.165) is 70.8 Å². The van der Waals surface area contributed by atoms with Crippen molar-refractivity contribution < 1.29 is 18.7 Å². The number of fused-ring (bicyclic) bond motifs is 4. The van der Waals surface area contributed by atoms with Crippen LogP contribution in [0.5, 0.6) is 11.8 Å². The van der Waals surface area contributed by atoms with Crippen molar-refractivity contribution in [1.82, 2.24) is 19.8 Å². The normalized spacial score (nSPS) is 19.8. The summed E-state index contributed by atoms with van der Waals surface area (Å²) < 4.78 is 26.7. The van der Waals surface area contributed by atoms with E-state index in [-0.39, 0.29) is 31.6 Å². The number of aromatic nitrogens is 2. The van der Waals surface area contributed by atoms with E-state index >= 15 is 0 Å². The maximum Gasteiger partial charge on any atom is 0.319 e. The Morgan fingerprint density at radius 2 is 1.96 bits per heavy atom. The van der Waals surface area contributed by atoms with Gasteiger partial charge in [-0.25, -0.2) is 4.39 Å². The SMILES string of the molecule is C=C(F)C(=O)N1CCN(c2nc(OCC3CCCN3C)nc3cc(-c4ccc(Cl)c5ccccc45)c4c(c23)OCCC4)CC1CC#N. The van der Waals surface area contributed by atoms with E-state index in [9.17, 15) is 14.4 Å². The molecule has 2 unspecified atom stereocenters. The molecule has 1 amide bonds. The lowest BCUT2D eigenvalue weighted by molar-refractivity contribution is -0.131. The van der Waals surface area contributed by atoms with Gasteiger partial charge in [0.1, 0.15) is 18.2 Å². The number of likely N-dealkylation sites (N-methyl/N-ethyl adjacent to an activating group) is 1. The van der Waals surface area contributed by atoms with E-state index in [1.807, 2.05) is 29.2 Å². The summed E-state index contributed by atoms with van der Waals surface area (Å²) in [7, 11) is 2.10. The Morgan fingerprint density at radius 3 is 2.72 bits per heavy atom. The van der Waals surface area contributed by atoms with Crippen molar-refractivity contribution in [1.29, 1.82) is 5.26 Å². The van der Waals surface area contributed by atoms with Crippen LogP contribution in [0.25, 0.3) is 32.8 Å². The topological polar surface area (TPSA) is 94.8 Å². The van der Waals surface area contributed by atoms with Gasteiger partial charge in [-0.2, -0.15) is 15.2 Å². The smallest absolute Gasteiger partial charge is 0.319 e. The van der Waals surface area contributed by atoms with Crippen LogP contribution in [0.4, 0.5) is 10.2 Å². The molecule has 0 saturated carbocycles. The number of amides is 1. The van der Waals surface area contributed by atoms with Crippen LogP contribution in [0.2, 0.25) is 5.02 Å². The van der Waals surface area contributed by atoms with Gasteiger partial charge in [-0.3, -0.25) is 4.79 Å². The van der Waals surface area contributed by atoms with E-state index in [4.69, 9.17) is 31.0 Å². The molecule has 0 N–H and O–H groups in total. The molecule has 2 atom stereocenters. The Morgan fingerprint density at radius 1 is 1.13 bits per heavy atom. The fourth-order valence-corrected chi connectivity index (χ4v) is 7.47. The van der Waals surface area contributed by atoms with Gasteiger partial charge in [0.15, 0.2) is 5.83 Å². The van der Waals surface area contributed by atoms with Crippen LogP contribution in [-0.2, 0) is 11.2 Å². The van der Waals surface area contributed by atoms with Crippen molar-refractivity contribution in [2.75, 3.05) is 51.3 Å². The molecule has 0 aliphatic carbocycles. The van der Waals surface area contributed by atoms with Crippen LogP contribution >= 0.6 is 11.6 Å². The van der Waals surface area contributed by atoms with E-state index in [1.165, 1.54) is 4.90 Å². The molecule has 2 saturated heterocycles. The summed E-state index contributed by atoms with van der Waals surface area (Å²) in [5, 5.41) is 13.1. The van der Waals surface area contributed by atoms with Gasteiger partial charge >= 0.3 is 6.01 Å². The van der Waals surface area contributed by atoms with Gasteiger partial charge in [-0.1, -0.05) is 48.5 Å². The molecular formula is C36H36ClFN6O3. The van der Waals surface area contributed by atoms with Crippen LogP contribution in [-0.4, -0.2) is 84.2 Å². The largest absolute Gasteiger partial charge is 0.492 e. The highest BCUT2D eigenvalue weighted by molar-refractivity contribution is 6.36. The molecule has 0 spiro atoms. The van der Waals surface area contributed by atoms with Gasteiger partial charge in [-0.05, 0) is 67.9 Å². The predicted octanol–water partition coefficient (Wildman–Crippen LogP) is 6.32. The van der Waals surface area contributed by atoms with Crippen LogP contribution in [0.3, 0.4) is 0 Å². The van der Waals surface area contributed by atoms with Crippen molar-refractivity contribution in [2.45, 2.75) is 44.2 Å². The lowest BCUT2D eigenvalue weighted by Crippen LogP contribution is -2.55. The molecule has 242 valence electrons. The number of carbonyl (C=O) groups is 1. The number of carbonyl (C=O) groups excluding carboxylic acids is 1. The molecule has 47 heavy (non-hydrogen) atoms. The lowest BCUT2D eigenvalue weighted by Gasteiger charge is -2.41. The molecular weight excluding hydrogens is 619 g/mol. The predicted molar refractivity (Wildman–Crippen MR) is 181 cm³/mol. The molecule has 4 aromatic rings. The molecule has 1 aromatic heterocycles. The molecule has 3 aromatic carbocycles. The number of piperazine rings is 1. The van der Waals surface area contributed by atoms with Crippen LogP contribution < -0.4 is 14.4 Å². The number of rotatable bonds is 7. The van der Waals surface area contributed by atoms with Gasteiger partial charge < -0.3 is 24.2 Å². The fraction of sp³-hybridized carbons (Fsp3) is 0.389. The molecule has 3 aliphatic heterocycles. The highest BCUT2D eigenvalue weighted by Crippen LogP contribution is 2.46. The quantitative estimate of drug-likeness (QED) is 0.214. The Labute approximate surface area is 278 Å². The number of halogens is 2. The van der Waals surface area contributed by atoms with Crippen molar-refractivity contribution in [2.24, 2.45) is 0 Å². The summed E-state index contributed by atoms with van der Waals surface area (Å²) in [5.41, 5.74) is 3.80. The maximum absolute atomic E-state index is 14.0. The third kappa shape index (κ3) is 5.83. The van der Waals surface area contributed by atoms with Crippen LogP contribution in [0.1, 0.15) is 31.2 Å². The zero-order chi connectivity index (χ0) is 32.7. The number of benzene rings is 3. The summed E-state index contributed by atoms with van der Waals surface area (Å²) in [4.78, 5) is 28.3. The van der Waals surface area contributed by atoms with Crippen LogP contribution in [0.15, 0.2) is 54.9 Å². The van der Waals surface area contributed by atoms with Gasteiger partial charge in [-0.15, -0.1) is 0 Å². The first-order valence-electron chi connectivity index (χ1n) is 16.1. The fourth-order valence-electron chi connectivity index (χ4n) is 7.24. The zero-order valence-corrected chi connectivity index (χ0v) is 27.1. The number of ether oxygens (including phenoxy) is 2. The second-order valence-corrected chi connectivity index (χ2v) is 12.9. The zero-order valence-electron chi connectivity index (χ0n) is 26.3. The molecule has 11 heteroatoms. The lowest BCUT2D eigenvalue weighted by atomic mass is 9.89. The molecule has 9 nitrogen and oxygen atoms in total. The summed E-state index contributed by atoms with van der Waals surface area (Å²) in [6.45, 7) is 6.09. The molecule has 0 bridgehead atoms. The molecule has 7 rings (SSSR count).